The van der Waals surface area contributed by atoms with E-state index in [0.717, 1.165) is 41.7 Å². The van der Waals surface area contributed by atoms with Crippen molar-refractivity contribution >= 4 is 16.8 Å². The molecule has 2 unspecified atom stereocenters. The summed E-state index contributed by atoms with van der Waals surface area (Å²) in [4.78, 5) is 17.1. The summed E-state index contributed by atoms with van der Waals surface area (Å²) in [5, 5.41) is 15.8. The maximum Gasteiger partial charge on any atom is 0.274 e. The zero-order valence-corrected chi connectivity index (χ0v) is 14.9. The van der Waals surface area contributed by atoms with E-state index >= 15 is 0 Å². The van der Waals surface area contributed by atoms with Crippen LogP contribution in [-0.2, 0) is 0 Å². The Hall–Kier alpha value is -2.80. The predicted molar refractivity (Wildman–Crippen MR) is 99.3 cm³/mol. The van der Waals surface area contributed by atoms with Crippen LogP contribution in [0.1, 0.15) is 35.9 Å². The van der Waals surface area contributed by atoms with Gasteiger partial charge in [0.25, 0.3) is 5.91 Å². The van der Waals surface area contributed by atoms with Gasteiger partial charge < -0.3 is 10.6 Å². The molecule has 3 aromatic rings. The van der Waals surface area contributed by atoms with E-state index in [1.165, 1.54) is 0 Å². The summed E-state index contributed by atoms with van der Waals surface area (Å²) in [6.45, 7) is 4.96. The first kappa shape index (κ1) is 16.7. The topological polar surface area (TPSA) is 84.7 Å². The molecule has 0 aliphatic carbocycles. The number of aromatic nitrogens is 4. The highest BCUT2D eigenvalue weighted by molar-refractivity contribution is 5.94. The number of pyridine rings is 1. The molecule has 0 saturated carbocycles. The summed E-state index contributed by atoms with van der Waals surface area (Å²) < 4.78 is 1.71. The fraction of sp³-hybridized carbons (Fsp3) is 0.368. The Kier molecular flexibility index (Phi) is 4.38. The fourth-order valence-electron chi connectivity index (χ4n) is 3.52. The van der Waals surface area contributed by atoms with Crippen LogP contribution >= 0.6 is 0 Å². The van der Waals surface area contributed by atoms with Crippen molar-refractivity contribution in [1.82, 2.24) is 30.6 Å². The van der Waals surface area contributed by atoms with E-state index in [0.29, 0.717) is 5.69 Å². The molecule has 0 radical (unpaired) electrons. The number of nitrogens with zero attached hydrogens (tertiary/aromatic N) is 4. The molecule has 26 heavy (non-hydrogen) atoms. The summed E-state index contributed by atoms with van der Waals surface area (Å²) in [5.74, 6) is -0.173. The molecule has 1 fully saturated rings. The highest BCUT2D eigenvalue weighted by Crippen LogP contribution is 2.22. The van der Waals surface area contributed by atoms with Crippen molar-refractivity contribution in [2.45, 2.75) is 38.8 Å². The molecule has 2 aromatic heterocycles. The number of hydrogen-bond acceptors (Lipinski definition) is 5. The third-order valence-electron chi connectivity index (χ3n) is 5.04. The van der Waals surface area contributed by atoms with Crippen LogP contribution in [0.15, 0.2) is 36.5 Å². The minimum Gasteiger partial charge on any atom is -0.346 e. The van der Waals surface area contributed by atoms with Gasteiger partial charge in [-0.2, -0.15) is 0 Å². The molecule has 4 rings (SSSR count). The zero-order valence-electron chi connectivity index (χ0n) is 14.9. The quantitative estimate of drug-likeness (QED) is 0.755. The summed E-state index contributed by atoms with van der Waals surface area (Å²) in [6, 6.07) is 10.1. The number of amides is 1. The normalized spacial score (nSPS) is 20.2. The van der Waals surface area contributed by atoms with Gasteiger partial charge in [-0.25, -0.2) is 4.68 Å². The van der Waals surface area contributed by atoms with Gasteiger partial charge >= 0.3 is 0 Å². The van der Waals surface area contributed by atoms with Gasteiger partial charge in [0.1, 0.15) is 0 Å². The van der Waals surface area contributed by atoms with Gasteiger partial charge in [0.05, 0.1) is 16.9 Å². The Morgan fingerprint density at radius 3 is 3.04 bits per heavy atom. The van der Waals surface area contributed by atoms with Gasteiger partial charge in [-0.05, 0) is 57.5 Å². The second-order valence-electron chi connectivity index (χ2n) is 6.75. The molecule has 1 aromatic carbocycles. The van der Waals surface area contributed by atoms with Gasteiger partial charge in [-0.3, -0.25) is 9.78 Å². The van der Waals surface area contributed by atoms with E-state index in [2.05, 4.69) is 32.9 Å². The fourth-order valence-corrected chi connectivity index (χ4v) is 3.52. The molecule has 7 nitrogen and oxygen atoms in total. The van der Waals surface area contributed by atoms with Crippen molar-refractivity contribution in [3.05, 3.63) is 47.9 Å². The van der Waals surface area contributed by atoms with E-state index in [9.17, 15) is 4.79 Å². The second kappa shape index (κ2) is 6.84. The Balaban J connectivity index is 1.65. The maximum absolute atomic E-state index is 12.7. The minimum atomic E-state index is -0.173. The first-order chi connectivity index (χ1) is 12.6. The van der Waals surface area contributed by atoms with Crippen LogP contribution < -0.4 is 10.6 Å². The molecule has 1 aliphatic rings. The lowest BCUT2D eigenvalue weighted by Crippen LogP contribution is -2.52. The van der Waals surface area contributed by atoms with Crippen LogP contribution in [0, 0.1) is 6.92 Å². The molecular formula is C19H22N6O. The van der Waals surface area contributed by atoms with Crippen LogP contribution in [0.4, 0.5) is 0 Å². The van der Waals surface area contributed by atoms with Gasteiger partial charge in [0, 0.05) is 23.7 Å². The largest absolute Gasteiger partial charge is 0.346 e. The van der Waals surface area contributed by atoms with Gasteiger partial charge in [-0.1, -0.05) is 11.3 Å². The Bertz CT molecular complexity index is 945. The van der Waals surface area contributed by atoms with Gasteiger partial charge in [0.15, 0.2) is 5.69 Å². The van der Waals surface area contributed by atoms with Crippen molar-refractivity contribution in [3.63, 3.8) is 0 Å². The molecule has 0 bridgehead atoms. The lowest BCUT2D eigenvalue weighted by Gasteiger charge is -2.30. The molecule has 1 saturated heterocycles. The molecule has 2 N–H and O–H groups in total. The first-order valence-electron chi connectivity index (χ1n) is 8.96. The number of benzene rings is 1. The highest BCUT2D eigenvalue weighted by atomic mass is 16.2. The number of nitrogens with one attached hydrogen (secondary N) is 2. The van der Waals surface area contributed by atoms with Crippen molar-refractivity contribution in [2.75, 3.05) is 6.54 Å². The van der Waals surface area contributed by atoms with Crippen LogP contribution in [0.2, 0.25) is 0 Å². The van der Waals surface area contributed by atoms with Crippen LogP contribution in [0.25, 0.3) is 16.6 Å². The number of fused-ring (bicyclic) bond motifs is 1. The third-order valence-corrected chi connectivity index (χ3v) is 5.04. The molecular weight excluding hydrogens is 328 g/mol. The second-order valence-corrected chi connectivity index (χ2v) is 6.75. The average Bonchev–Trinajstić information content (AvgIpc) is 3.04. The Morgan fingerprint density at radius 2 is 2.19 bits per heavy atom. The van der Waals surface area contributed by atoms with Crippen molar-refractivity contribution in [2.24, 2.45) is 0 Å². The van der Waals surface area contributed by atoms with E-state index in [1.54, 1.807) is 10.9 Å². The number of carbonyl (C=O) groups excluding carboxylic acids is 1. The van der Waals surface area contributed by atoms with Gasteiger partial charge in [-0.15, -0.1) is 5.10 Å². The number of piperidine rings is 1. The zero-order chi connectivity index (χ0) is 18.1. The minimum absolute atomic E-state index is 0.113. The third kappa shape index (κ3) is 2.94. The predicted octanol–water partition coefficient (Wildman–Crippen LogP) is 1.99. The summed E-state index contributed by atoms with van der Waals surface area (Å²) in [6.07, 6.45) is 3.80. The van der Waals surface area contributed by atoms with Crippen LogP contribution in [0.3, 0.4) is 0 Å². The lowest BCUT2D eigenvalue weighted by molar-refractivity contribution is 0.0914. The van der Waals surface area contributed by atoms with E-state index in [-0.39, 0.29) is 18.0 Å². The van der Waals surface area contributed by atoms with E-state index in [1.807, 2.05) is 37.3 Å². The first-order valence-corrected chi connectivity index (χ1v) is 8.96. The smallest absolute Gasteiger partial charge is 0.274 e. The monoisotopic (exact) mass is 350 g/mol. The Morgan fingerprint density at radius 1 is 1.31 bits per heavy atom. The number of carbonyl (C=O) groups is 1. The molecule has 1 aliphatic heterocycles. The molecule has 0 spiro atoms. The molecule has 7 heteroatoms. The average molecular weight is 350 g/mol. The maximum atomic E-state index is 12.7. The van der Waals surface area contributed by atoms with E-state index in [4.69, 9.17) is 0 Å². The van der Waals surface area contributed by atoms with Crippen LogP contribution in [0.5, 0.6) is 0 Å². The molecule has 1 amide bonds. The van der Waals surface area contributed by atoms with Gasteiger partial charge in [0.2, 0.25) is 0 Å². The van der Waals surface area contributed by atoms with Crippen LogP contribution in [-0.4, -0.2) is 44.5 Å². The molecule has 2 atom stereocenters. The number of rotatable bonds is 3. The standard InChI is InChI=1S/C19H22N6O/c1-12-15(8-5-10-20-12)22-19(26)18-13(2)25(24-23-18)17-9-3-7-16-14(17)6-4-11-21-16/h3-4,6-7,9,11-12,15,20H,5,8,10H2,1-2H3,(H,22,26). The SMILES string of the molecule is Cc1c(C(=O)NC2CCCNC2C)nnn1-c1cccc2ncccc12. The Labute approximate surface area is 151 Å². The molecule has 3 heterocycles. The van der Waals surface area contributed by atoms with E-state index < -0.39 is 0 Å². The molecule has 134 valence electrons. The van der Waals surface area contributed by atoms with Crippen molar-refractivity contribution in [3.8, 4) is 5.69 Å². The lowest BCUT2D eigenvalue weighted by atomic mass is 10.00. The summed E-state index contributed by atoms with van der Waals surface area (Å²) in [7, 11) is 0. The summed E-state index contributed by atoms with van der Waals surface area (Å²) in [5.41, 5.74) is 2.83. The number of hydrogen-bond donors (Lipinski definition) is 2. The summed E-state index contributed by atoms with van der Waals surface area (Å²) >= 11 is 0. The van der Waals surface area contributed by atoms with Crippen molar-refractivity contribution in [1.29, 1.82) is 0 Å². The van der Waals surface area contributed by atoms with Crippen molar-refractivity contribution < 1.29 is 4.79 Å². The highest BCUT2D eigenvalue weighted by Gasteiger charge is 2.25.